The Labute approximate surface area is 77.1 Å². The van der Waals surface area contributed by atoms with E-state index in [0.29, 0.717) is 5.54 Å². The van der Waals surface area contributed by atoms with E-state index in [9.17, 15) is 0 Å². The Hall–Kier alpha value is -0.0400. The van der Waals surface area contributed by atoms with Gasteiger partial charge in [0.25, 0.3) is 0 Å². The first-order chi connectivity index (χ1) is 5.41. The summed E-state index contributed by atoms with van der Waals surface area (Å²) >= 11 is 0. The molecule has 0 saturated carbocycles. The zero-order chi connectivity index (χ0) is 9.35. The van der Waals surface area contributed by atoms with E-state index >= 15 is 0 Å². The van der Waals surface area contributed by atoms with Crippen molar-refractivity contribution >= 4 is 0 Å². The summed E-state index contributed by atoms with van der Waals surface area (Å²) in [5, 5.41) is 0. The fourth-order valence-corrected chi connectivity index (χ4v) is 2.22. The third-order valence-electron chi connectivity index (χ3n) is 2.98. The molecule has 1 saturated heterocycles. The van der Waals surface area contributed by atoms with Crippen LogP contribution in [0.5, 0.6) is 0 Å². The van der Waals surface area contributed by atoms with E-state index in [1.165, 1.54) is 19.4 Å². The normalized spacial score (nSPS) is 33.8. The Balaban J connectivity index is 2.61. The molecule has 72 valence electrons. The third-order valence-corrected chi connectivity index (χ3v) is 2.98. The molecule has 1 aliphatic rings. The van der Waals surface area contributed by atoms with Crippen molar-refractivity contribution in [1.29, 1.82) is 0 Å². The van der Waals surface area contributed by atoms with Crippen molar-refractivity contribution in [2.75, 3.05) is 6.54 Å². The number of piperidine rings is 1. The lowest BCUT2D eigenvalue weighted by molar-refractivity contribution is 0.0378. The van der Waals surface area contributed by atoms with Crippen molar-refractivity contribution in [3.8, 4) is 0 Å². The van der Waals surface area contributed by atoms with Gasteiger partial charge in [-0.25, -0.2) is 0 Å². The molecule has 1 rings (SSSR count). The van der Waals surface area contributed by atoms with Crippen LogP contribution in [0.15, 0.2) is 0 Å². The summed E-state index contributed by atoms with van der Waals surface area (Å²) in [5.74, 6) is 0.889. The van der Waals surface area contributed by atoms with Crippen LogP contribution in [0.25, 0.3) is 0 Å². The summed E-state index contributed by atoms with van der Waals surface area (Å²) < 4.78 is 0. The molecular weight excluding hydrogens is 146 g/mol. The molecule has 0 amide bonds. The van der Waals surface area contributed by atoms with Gasteiger partial charge in [0, 0.05) is 18.1 Å². The van der Waals surface area contributed by atoms with Crippen molar-refractivity contribution in [3.63, 3.8) is 0 Å². The fourth-order valence-electron chi connectivity index (χ4n) is 2.22. The average Bonchev–Trinajstić information content (AvgIpc) is 1.92. The predicted octanol–water partition coefficient (Wildman–Crippen LogP) is 2.91. The first-order valence-electron chi connectivity index (χ1n) is 5.18. The van der Waals surface area contributed by atoms with Gasteiger partial charge in [-0.3, -0.25) is 4.90 Å². The second-order valence-corrected chi connectivity index (χ2v) is 5.35. The Morgan fingerprint density at radius 1 is 1.08 bits per heavy atom. The molecule has 1 aliphatic heterocycles. The van der Waals surface area contributed by atoms with Gasteiger partial charge in [0.15, 0.2) is 0 Å². The smallest absolute Gasteiger partial charge is 0.0127 e. The maximum Gasteiger partial charge on any atom is 0.0127 e. The highest BCUT2D eigenvalue weighted by Crippen LogP contribution is 2.27. The molecule has 0 aromatic rings. The Morgan fingerprint density at radius 2 is 1.67 bits per heavy atom. The quantitative estimate of drug-likeness (QED) is 0.539. The van der Waals surface area contributed by atoms with Crippen LogP contribution >= 0.6 is 0 Å². The van der Waals surface area contributed by atoms with Gasteiger partial charge >= 0.3 is 0 Å². The van der Waals surface area contributed by atoms with Crippen LogP contribution in [0.4, 0.5) is 0 Å². The second kappa shape index (κ2) is 3.37. The first-order valence-corrected chi connectivity index (χ1v) is 5.18. The monoisotopic (exact) mass is 169 g/mol. The summed E-state index contributed by atoms with van der Waals surface area (Å²) in [6, 6.07) is 0.779. The number of nitrogens with zero attached hydrogens (tertiary/aromatic N) is 1. The van der Waals surface area contributed by atoms with Gasteiger partial charge in [-0.2, -0.15) is 0 Å². The summed E-state index contributed by atoms with van der Waals surface area (Å²) in [4.78, 5) is 2.64. The van der Waals surface area contributed by atoms with Crippen molar-refractivity contribution in [2.24, 2.45) is 5.92 Å². The van der Waals surface area contributed by atoms with E-state index in [-0.39, 0.29) is 0 Å². The van der Waals surface area contributed by atoms with Crippen LogP contribution in [0, 0.1) is 5.92 Å². The van der Waals surface area contributed by atoms with Crippen LogP contribution in [0.1, 0.15) is 47.5 Å². The molecule has 0 spiro atoms. The van der Waals surface area contributed by atoms with Crippen LogP contribution in [-0.2, 0) is 0 Å². The van der Waals surface area contributed by atoms with Gasteiger partial charge in [-0.15, -0.1) is 0 Å². The van der Waals surface area contributed by atoms with Gasteiger partial charge in [0.1, 0.15) is 0 Å². The van der Waals surface area contributed by atoms with Crippen LogP contribution < -0.4 is 0 Å². The Kier molecular flexibility index (Phi) is 2.82. The van der Waals surface area contributed by atoms with Crippen LogP contribution in [-0.4, -0.2) is 23.0 Å². The zero-order valence-electron chi connectivity index (χ0n) is 9.22. The van der Waals surface area contributed by atoms with E-state index in [0.717, 1.165) is 12.0 Å². The molecule has 0 unspecified atom stereocenters. The highest BCUT2D eigenvalue weighted by molar-refractivity contribution is 4.85. The van der Waals surface area contributed by atoms with Crippen molar-refractivity contribution < 1.29 is 0 Å². The predicted molar refractivity (Wildman–Crippen MR) is 54.3 cm³/mol. The lowest BCUT2D eigenvalue weighted by atomic mass is 9.90. The van der Waals surface area contributed by atoms with Gasteiger partial charge < -0.3 is 0 Å². The minimum absolute atomic E-state index is 0.355. The fraction of sp³-hybridized carbons (Fsp3) is 1.00. The maximum atomic E-state index is 2.64. The Bertz CT molecular complexity index is 146. The van der Waals surface area contributed by atoms with Crippen LogP contribution in [0.3, 0.4) is 0 Å². The molecule has 0 aliphatic carbocycles. The van der Waals surface area contributed by atoms with Crippen molar-refractivity contribution in [2.45, 2.75) is 59.0 Å². The second-order valence-electron chi connectivity index (χ2n) is 5.35. The Morgan fingerprint density at radius 3 is 2.08 bits per heavy atom. The van der Waals surface area contributed by atoms with E-state index < -0.39 is 0 Å². The molecule has 12 heavy (non-hydrogen) atoms. The minimum Gasteiger partial charge on any atom is -0.296 e. The molecule has 0 aromatic carbocycles. The number of rotatable bonds is 0. The molecule has 1 fully saturated rings. The van der Waals surface area contributed by atoms with Crippen molar-refractivity contribution in [1.82, 2.24) is 4.90 Å². The van der Waals surface area contributed by atoms with Gasteiger partial charge in [0.05, 0.1) is 0 Å². The van der Waals surface area contributed by atoms with Gasteiger partial charge in [0.2, 0.25) is 0 Å². The topological polar surface area (TPSA) is 3.24 Å². The number of hydrogen-bond donors (Lipinski definition) is 0. The zero-order valence-corrected chi connectivity index (χ0v) is 9.22. The largest absolute Gasteiger partial charge is 0.296 e. The third kappa shape index (κ3) is 2.22. The van der Waals surface area contributed by atoms with Gasteiger partial charge in [-0.1, -0.05) is 6.92 Å². The number of hydrogen-bond acceptors (Lipinski definition) is 1. The standard InChI is InChI=1S/C11H23N/c1-9-6-7-10(2)12(8-9)11(3,4)5/h9-10H,6-8H2,1-5H3/t9-,10+/m1/s1. The summed E-state index contributed by atoms with van der Waals surface area (Å²) in [5.41, 5.74) is 0.355. The molecule has 0 radical (unpaired) electrons. The van der Waals surface area contributed by atoms with E-state index in [1.54, 1.807) is 0 Å². The number of likely N-dealkylation sites (tertiary alicyclic amines) is 1. The molecule has 1 heterocycles. The van der Waals surface area contributed by atoms with Crippen molar-refractivity contribution in [3.05, 3.63) is 0 Å². The molecular formula is C11H23N. The summed E-state index contributed by atoms with van der Waals surface area (Å²) in [7, 11) is 0. The molecule has 1 nitrogen and oxygen atoms in total. The maximum absolute atomic E-state index is 2.64. The molecule has 2 atom stereocenters. The minimum atomic E-state index is 0.355. The lowest BCUT2D eigenvalue weighted by Gasteiger charge is -2.45. The average molecular weight is 169 g/mol. The highest BCUT2D eigenvalue weighted by Gasteiger charge is 2.30. The van der Waals surface area contributed by atoms with E-state index in [1.807, 2.05) is 0 Å². The van der Waals surface area contributed by atoms with E-state index in [2.05, 4.69) is 39.5 Å². The molecule has 0 bridgehead atoms. The van der Waals surface area contributed by atoms with Crippen LogP contribution in [0.2, 0.25) is 0 Å². The highest BCUT2D eigenvalue weighted by atomic mass is 15.2. The van der Waals surface area contributed by atoms with Gasteiger partial charge in [-0.05, 0) is 46.5 Å². The van der Waals surface area contributed by atoms with E-state index in [4.69, 9.17) is 0 Å². The molecule has 0 aromatic heterocycles. The lowest BCUT2D eigenvalue weighted by Crippen LogP contribution is -2.51. The summed E-state index contributed by atoms with van der Waals surface area (Å²) in [6.45, 7) is 13.0. The summed E-state index contributed by atoms with van der Waals surface area (Å²) in [6.07, 6.45) is 2.78. The first kappa shape index (κ1) is 10.0. The molecule has 0 N–H and O–H groups in total. The molecule has 1 heteroatoms. The SMILES string of the molecule is C[C@@H]1CC[C@H](C)N(C(C)(C)C)C1.